The third-order valence-electron chi connectivity index (χ3n) is 5.35. The highest BCUT2D eigenvalue weighted by atomic mass is 19.1. The second-order valence-corrected chi connectivity index (χ2v) is 7.78. The lowest BCUT2D eigenvalue weighted by Gasteiger charge is -2.31. The van der Waals surface area contributed by atoms with Gasteiger partial charge in [-0.05, 0) is 47.4 Å². The molecule has 2 amide bonds. The van der Waals surface area contributed by atoms with Crippen molar-refractivity contribution >= 4 is 11.8 Å². The van der Waals surface area contributed by atoms with E-state index < -0.39 is 6.04 Å². The van der Waals surface area contributed by atoms with E-state index in [1.54, 1.807) is 24.1 Å². The number of nitrogens with one attached hydrogen (secondary N) is 1. The zero-order valence-corrected chi connectivity index (χ0v) is 19.0. The second-order valence-electron chi connectivity index (χ2n) is 7.78. The van der Waals surface area contributed by atoms with Crippen LogP contribution in [-0.2, 0) is 22.7 Å². The summed E-state index contributed by atoms with van der Waals surface area (Å²) in [6, 6.07) is 21.9. The Balaban J connectivity index is 1.88. The van der Waals surface area contributed by atoms with Gasteiger partial charge < -0.3 is 15.0 Å². The fourth-order valence-electron chi connectivity index (χ4n) is 3.60. The number of rotatable bonds is 10. The van der Waals surface area contributed by atoms with Crippen LogP contribution in [0.1, 0.15) is 42.5 Å². The summed E-state index contributed by atoms with van der Waals surface area (Å²) in [5.41, 5.74) is 2.39. The number of halogens is 1. The van der Waals surface area contributed by atoms with Gasteiger partial charge in [0, 0.05) is 19.5 Å². The number of hydrogen-bond acceptors (Lipinski definition) is 3. The number of carbonyl (C=O) groups is 2. The monoisotopic (exact) mass is 448 g/mol. The van der Waals surface area contributed by atoms with Crippen LogP contribution in [0.3, 0.4) is 0 Å². The van der Waals surface area contributed by atoms with E-state index in [1.807, 2.05) is 61.5 Å². The largest absolute Gasteiger partial charge is 0.497 e. The molecule has 0 aliphatic rings. The van der Waals surface area contributed by atoms with E-state index in [9.17, 15) is 14.0 Å². The van der Waals surface area contributed by atoms with Gasteiger partial charge in [-0.1, -0.05) is 61.5 Å². The van der Waals surface area contributed by atoms with Gasteiger partial charge in [-0.2, -0.15) is 0 Å². The van der Waals surface area contributed by atoms with E-state index in [1.165, 1.54) is 12.1 Å². The molecule has 3 aromatic carbocycles. The second kappa shape index (κ2) is 11.8. The van der Waals surface area contributed by atoms with Crippen molar-refractivity contribution in [3.05, 3.63) is 101 Å². The average Bonchev–Trinajstić information content (AvgIpc) is 2.84. The van der Waals surface area contributed by atoms with Crippen LogP contribution in [0.4, 0.5) is 4.39 Å². The Morgan fingerprint density at radius 3 is 2.18 bits per heavy atom. The van der Waals surface area contributed by atoms with Crippen LogP contribution in [0, 0.1) is 5.82 Å². The van der Waals surface area contributed by atoms with Crippen LogP contribution >= 0.6 is 0 Å². The van der Waals surface area contributed by atoms with E-state index in [-0.39, 0.29) is 24.2 Å². The maximum Gasteiger partial charge on any atom is 0.247 e. The van der Waals surface area contributed by atoms with Crippen molar-refractivity contribution in [2.75, 3.05) is 7.11 Å². The van der Waals surface area contributed by atoms with Crippen molar-refractivity contribution in [2.45, 2.75) is 38.9 Å². The van der Waals surface area contributed by atoms with Crippen LogP contribution in [0.15, 0.2) is 78.9 Å². The minimum Gasteiger partial charge on any atom is -0.497 e. The van der Waals surface area contributed by atoms with Gasteiger partial charge in [0.05, 0.1) is 7.11 Å². The molecule has 0 bridgehead atoms. The molecule has 0 unspecified atom stereocenters. The fraction of sp³-hybridized carbons (Fsp3) is 0.259. The summed E-state index contributed by atoms with van der Waals surface area (Å²) in [6.45, 7) is 2.45. The first-order valence-corrected chi connectivity index (χ1v) is 11.0. The Morgan fingerprint density at radius 2 is 1.58 bits per heavy atom. The molecule has 33 heavy (non-hydrogen) atoms. The molecule has 0 radical (unpaired) electrons. The van der Waals surface area contributed by atoms with Gasteiger partial charge in [0.2, 0.25) is 11.8 Å². The van der Waals surface area contributed by atoms with Gasteiger partial charge in [-0.15, -0.1) is 0 Å². The minimum atomic E-state index is -0.812. The van der Waals surface area contributed by atoms with Crippen molar-refractivity contribution in [3.63, 3.8) is 0 Å². The topological polar surface area (TPSA) is 58.6 Å². The standard InChI is InChI=1S/C27H29FN2O3/c1-3-7-25(31)30(19-21-10-14-23(28)15-11-21)26(22-8-5-4-6-9-22)27(32)29-18-20-12-16-24(33-2)17-13-20/h4-6,8-17,26H,3,7,18-19H2,1-2H3,(H,29,32)/t26-/m0/s1. The lowest BCUT2D eigenvalue weighted by atomic mass is 10.0. The molecule has 0 spiro atoms. The molecular weight excluding hydrogens is 419 g/mol. The predicted octanol–water partition coefficient (Wildman–Crippen LogP) is 5.02. The Morgan fingerprint density at radius 1 is 0.939 bits per heavy atom. The van der Waals surface area contributed by atoms with Crippen molar-refractivity contribution in [1.82, 2.24) is 10.2 Å². The quantitative estimate of drug-likeness (QED) is 0.474. The molecule has 0 aliphatic heterocycles. The third kappa shape index (κ3) is 6.65. The van der Waals surface area contributed by atoms with E-state index in [2.05, 4.69) is 5.32 Å². The highest BCUT2D eigenvalue weighted by molar-refractivity contribution is 5.88. The van der Waals surface area contributed by atoms with Gasteiger partial charge >= 0.3 is 0 Å². The first-order valence-electron chi connectivity index (χ1n) is 11.0. The Hall–Kier alpha value is -3.67. The Bertz CT molecular complexity index is 1040. The SMILES string of the molecule is CCCC(=O)N(Cc1ccc(F)cc1)[C@H](C(=O)NCc1ccc(OC)cc1)c1ccccc1. The third-order valence-corrected chi connectivity index (χ3v) is 5.35. The van der Waals surface area contributed by atoms with Gasteiger partial charge in [-0.3, -0.25) is 9.59 Å². The molecule has 1 atom stereocenters. The fourth-order valence-corrected chi connectivity index (χ4v) is 3.60. The molecule has 6 heteroatoms. The molecule has 0 heterocycles. The lowest BCUT2D eigenvalue weighted by Crippen LogP contribution is -2.43. The number of ether oxygens (including phenoxy) is 1. The highest BCUT2D eigenvalue weighted by Gasteiger charge is 2.31. The van der Waals surface area contributed by atoms with E-state index in [4.69, 9.17) is 4.74 Å². The summed E-state index contributed by atoms with van der Waals surface area (Å²) < 4.78 is 18.6. The van der Waals surface area contributed by atoms with Crippen LogP contribution in [-0.4, -0.2) is 23.8 Å². The van der Waals surface area contributed by atoms with Crippen LogP contribution in [0.25, 0.3) is 0 Å². The number of methoxy groups -OCH3 is 1. The van der Waals surface area contributed by atoms with Crippen molar-refractivity contribution in [3.8, 4) is 5.75 Å². The minimum absolute atomic E-state index is 0.129. The number of hydrogen-bond donors (Lipinski definition) is 1. The van der Waals surface area contributed by atoms with Crippen LogP contribution < -0.4 is 10.1 Å². The van der Waals surface area contributed by atoms with Crippen LogP contribution in [0.5, 0.6) is 5.75 Å². The normalized spacial score (nSPS) is 11.5. The summed E-state index contributed by atoms with van der Waals surface area (Å²) in [5, 5.41) is 2.97. The molecule has 0 aliphatic carbocycles. The summed E-state index contributed by atoms with van der Waals surface area (Å²) in [4.78, 5) is 28.2. The molecule has 3 rings (SSSR count). The molecule has 0 saturated heterocycles. The van der Waals surface area contributed by atoms with E-state index in [0.717, 1.165) is 22.4 Å². The van der Waals surface area contributed by atoms with Crippen molar-refractivity contribution in [1.29, 1.82) is 0 Å². The highest BCUT2D eigenvalue weighted by Crippen LogP contribution is 2.25. The summed E-state index contributed by atoms with van der Waals surface area (Å²) in [5.74, 6) is -0.0104. The van der Waals surface area contributed by atoms with Crippen LogP contribution in [0.2, 0.25) is 0 Å². The molecular formula is C27H29FN2O3. The number of carbonyl (C=O) groups excluding carboxylic acids is 2. The summed E-state index contributed by atoms with van der Waals surface area (Å²) in [7, 11) is 1.60. The van der Waals surface area contributed by atoms with Crippen molar-refractivity contribution in [2.24, 2.45) is 0 Å². The van der Waals surface area contributed by atoms with Gasteiger partial charge in [0.15, 0.2) is 0 Å². The van der Waals surface area contributed by atoms with Crippen molar-refractivity contribution < 1.29 is 18.7 Å². The number of benzene rings is 3. The molecule has 172 valence electrons. The zero-order chi connectivity index (χ0) is 23.6. The smallest absolute Gasteiger partial charge is 0.247 e. The molecule has 0 saturated carbocycles. The van der Waals surface area contributed by atoms with E-state index >= 15 is 0 Å². The molecule has 1 N–H and O–H groups in total. The molecule has 0 aromatic heterocycles. The predicted molar refractivity (Wildman–Crippen MR) is 126 cm³/mol. The molecule has 0 fully saturated rings. The molecule has 5 nitrogen and oxygen atoms in total. The zero-order valence-electron chi connectivity index (χ0n) is 19.0. The summed E-state index contributed by atoms with van der Waals surface area (Å²) >= 11 is 0. The van der Waals surface area contributed by atoms with Gasteiger partial charge in [-0.25, -0.2) is 4.39 Å². The van der Waals surface area contributed by atoms with E-state index in [0.29, 0.717) is 19.4 Å². The van der Waals surface area contributed by atoms with Gasteiger partial charge in [0.1, 0.15) is 17.6 Å². The Kier molecular flexibility index (Phi) is 8.58. The first-order chi connectivity index (χ1) is 16.0. The first kappa shape index (κ1) is 24.0. The summed E-state index contributed by atoms with van der Waals surface area (Å²) in [6.07, 6.45) is 0.976. The van der Waals surface area contributed by atoms with Gasteiger partial charge in [0.25, 0.3) is 0 Å². The average molecular weight is 449 g/mol. The lowest BCUT2D eigenvalue weighted by molar-refractivity contribution is -0.141. The Labute approximate surface area is 194 Å². The maximum absolute atomic E-state index is 13.4. The maximum atomic E-state index is 13.4. The molecule has 3 aromatic rings. The number of nitrogens with zero attached hydrogens (tertiary/aromatic N) is 1. The number of amides is 2.